The summed E-state index contributed by atoms with van der Waals surface area (Å²) >= 11 is 0. The van der Waals surface area contributed by atoms with E-state index in [1.807, 2.05) is 6.07 Å². The van der Waals surface area contributed by atoms with E-state index in [-0.39, 0.29) is 5.56 Å². The van der Waals surface area contributed by atoms with Gasteiger partial charge in [-0.25, -0.2) is 9.97 Å². The highest BCUT2D eigenvalue weighted by atomic mass is 19.4. The predicted octanol–water partition coefficient (Wildman–Crippen LogP) is 5.56. The van der Waals surface area contributed by atoms with Crippen LogP contribution < -0.4 is 5.73 Å². The lowest BCUT2D eigenvalue weighted by atomic mass is 9.98. The summed E-state index contributed by atoms with van der Waals surface area (Å²) in [5, 5.41) is 1.54. The first-order valence-electron chi connectivity index (χ1n) is 9.79. The molecule has 0 aliphatic carbocycles. The SMILES string of the molecule is NC(=O)/C=C/c1cc(-c2cnc3[nH]cc(-c4ccnc5occc45)c3c2)cc(C(F)(F)F)c1. The van der Waals surface area contributed by atoms with Crippen molar-refractivity contribution in [2.24, 2.45) is 5.73 Å². The number of benzene rings is 1. The van der Waals surface area contributed by atoms with Gasteiger partial charge in [-0.15, -0.1) is 0 Å². The molecule has 0 unspecified atom stereocenters. The molecule has 0 fully saturated rings. The first-order valence-corrected chi connectivity index (χ1v) is 9.79. The van der Waals surface area contributed by atoms with Gasteiger partial charge in [-0.3, -0.25) is 4.79 Å². The quantitative estimate of drug-likeness (QED) is 0.352. The van der Waals surface area contributed by atoms with Gasteiger partial charge in [0, 0.05) is 46.6 Å². The predicted molar refractivity (Wildman–Crippen MR) is 118 cm³/mol. The molecule has 3 N–H and O–H groups in total. The Morgan fingerprint density at radius 2 is 1.88 bits per heavy atom. The van der Waals surface area contributed by atoms with Crippen molar-refractivity contribution in [1.82, 2.24) is 15.0 Å². The minimum absolute atomic E-state index is 0.197. The molecule has 0 aliphatic rings. The second-order valence-corrected chi connectivity index (χ2v) is 7.40. The molecule has 0 saturated carbocycles. The maximum absolute atomic E-state index is 13.5. The molecule has 9 heteroatoms. The number of hydrogen-bond donors (Lipinski definition) is 2. The number of furan rings is 1. The fourth-order valence-corrected chi connectivity index (χ4v) is 3.75. The zero-order valence-electron chi connectivity index (χ0n) is 16.9. The highest BCUT2D eigenvalue weighted by molar-refractivity contribution is 6.03. The zero-order valence-corrected chi connectivity index (χ0v) is 16.9. The van der Waals surface area contributed by atoms with Gasteiger partial charge < -0.3 is 15.1 Å². The van der Waals surface area contributed by atoms with Gasteiger partial charge in [-0.2, -0.15) is 13.2 Å². The molecule has 0 spiro atoms. The van der Waals surface area contributed by atoms with E-state index in [0.717, 1.165) is 40.1 Å². The fourth-order valence-electron chi connectivity index (χ4n) is 3.75. The maximum Gasteiger partial charge on any atom is 0.416 e. The summed E-state index contributed by atoms with van der Waals surface area (Å²) in [5.41, 5.74) is 7.98. The fraction of sp³-hybridized carbons (Fsp3) is 0.0417. The first-order chi connectivity index (χ1) is 15.8. The van der Waals surface area contributed by atoms with Gasteiger partial charge in [0.05, 0.1) is 11.8 Å². The third kappa shape index (κ3) is 3.84. The Bertz CT molecular complexity index is 1550. The van der Waals surface area contributed by atoms with Crippen molar-refractivity contribution in [2.45, 2.75) is 6.18 Å². The third-order valence-corrected chi connectivity index (χ3v) is 5.25. The Morgan fingerprint density at radius 3 is 2.67 bits per heavy atom. The van der Waals surface area contributed by atoms with Crippen molar-refractivity contribution in [2.75, 3.05) is 0 Å². The summed E-state index contributed by atoms with van der Waals surface area (Å²) in [6, 6.07) is 8.98. The van der Waals surface area contributed by atoms with Gasteiger partial charge in [0.15, 0.2) is 0 Å². The van der Waals surface area contributed by atoms with Crippen LogP contribution in [0.25, 0.3) is 50.5 Å². The van der Waals surface area contributed by atoms with Crippen molar-refractivity contribution in [3.8, 4) is 22.3 Å². The number of rotatable bonds is 4. The molecule has 164 valence electrons. The maximum atomic E-state index is 13.5. The summed E-state index contributed by atoms with van der Waals surface area (Å²) in [6.07, 6.45) is 4.17. The minimum Gasteiger partial charge on any atom is -0.446 e. The number of amides is 1. The molecular weight excluding hydrogens is 433 g/mol. The van der Waals surface area contributed by atoms with Crippen LogP contribution in [0.1, 0.15) is 11.1 Å². The van der Waals surface area contributed by atoms with Crippen LogP contribution in [0.3, 0.4) is 0 Å². The van der Waals surface area contributed by atoms with Crippen LogP contribution in [0.5, 0.6) is 0 Å². The summed E-state index contributed by atoms with van der Waals surface area (Å²) < 4.78 is 45.9. The number of nitrogens with two attached hydrogens (primary N) is 1. The number of carbonyl (C=O) groups excluding carboxylic acids is 1. The summed E-state index contributed by atoms with van der Waals surface area (Å²) in [6.45, 7) is 0. The lowest BCUT2D eigenvalue weighted by molar-refractivity contribution is -0.137. The van der Waals surface area contributed by atoms with Crippen LogP contribution in [-0.4, -0.2) is 20.9 Å². The van der Waals surface area contributed by atoms with Crippen LogP contribution in [0.15, 0.2) is 71.7 Å². The number of carbonyl (C=O) groups is 1. The van der Waals surface area contributed by atoms with E-state index < -0.39 is 17.6 Å². The second kappa shape index (κ2) is 7.63. The molecule has 1 aromatic carbocycles. The third-order valence-electron chi connectivity index (χ3n) is 5.25. The van der Waals surface area contributed by atoms with Crippen LogP contribution in [0.2, 0.25) is 0 Å². The summed E-state index contributed by atoms with van der Waals surface area (Å²) in [4.78, 5) is 22.7. The van der Waals surface area contributed by atoms with E-state index in [2.05, 4.69) is 15.0 Å². The highest BCUT2D eigenvalue weighted by Gasteiger charge is 2.31. The standard InChI is InChI=1S/C24H15F3N4O2/c25-24(26,27)16-8-13(1-2-21(28)32)7-14(9-16)15-10-19-20(12-31-22(19)30-11-15)17-3-5-29-23-18(17)4-6-33-23/h1-12H,(H2,28,32)(H,30,31)/b2-1+. The van der Waals surface area contributed by atoms with Crippen molar-refractivity contribution in [3.63, 3.8) is 0 Å². The van der Waals surface area contributed by atoms with Crippen molar-refractivity contribution < 1.29 is 22.4 Å². The van der Waals surface area contributed by atoms with E-state index in [0.29, 0.717) is 22.5 Å². The lowest BCUT2D eigenvalue weighted by Gasteiger charge is -2.11. The Morgan fingerprint density at radius 1 is 1.03 bits per heavy atom. The number of aromatic nitrogens is 3. The van der Waals surface area contributed by atoms with Crippen LogP contribution in [0.4, 0.5) is 13.2 Å². The molecule has 0 radical (unpaired) electrons. The van der Waals surface area contributed by atoms with Crippen molar-refractivity contribution >= 4 is 34.1 Å². The molecule has 5 rings (SSSR count). The summed E-state index contributed by atoms with van der Waals surface area (Å²) in [7, 11) is 0. The van der Waals surface area contributed by atoms with E-state index in [1.165, 1.54) is 12.3 Å². The largest absolute Gasteiger partial charge is 0.446 e. The van der Waals surface area contributed by atoms with E-state index in [9.17, 15) is 18.0 Å². The monoisotopic (exact) mass is 448 g/mol. The molecule has 0 atom stereocenters. The number of aromatic amines is 1. The zero-order chi connectivity index (χ0) is 23.2. The van der Waals surface area contributed by atoms with E-state index in [1.54, 1.807) is 36.9 Å². The summed E-state index contributed by atoms with van der Waals surface area (Å²) in [5.74, 6) is -0.753. The first kappa shape index (κ1) is 20.5. The molecule has 4 aromatic heterocycles. The van der Waals surface area contributed by atoms with Crippen LogP contribution >= 0.6 is 0 Å². The Balaban J connectivity index is 1.68. The Hall–Kier alpha value is -4.40. The van der Waals surface area contributed by atoms with Gasteiger partial charge >= 0.3 is 6.18 Å². The molecule has 5 aromatic rings. The van der Waals surface area contributed by atoms with Gasteiger partial charge in [-0.1, -0.05) is 0 Å². The number of H-pyrrole nitrogens is 1. The molecular formula is C24H15F3N4O2. The molecule has 1 amide bonds. The number of halogens is 3. The highest BCUT2D eigenvalue weighted by Crippen LogP contribution is 2.37. The number of nitrogens with zero attached hydrogens (tertiary/aromatic N) is 2. The van der Waals surface area contributed by atoms with E-state index >= 15 is 0 Å². The molecule has 0 saturated heterocycles. The smallest absolute Gasteiger partial charge is 0.416 e. The van der Waals surface area contributed by atoms with E-state index in [4.69, 9.17) is 10.2 Å². The van der Waals surface area contributed by atoms with Gasteiger partial charge in [0.2, 0.25) is 11.6 Å². The van der Waals surface area contributed by atoms with Crippen molar-refractivity contribution in [1.29, 1.82) is 0 Å². The van der Waals surface area contributed by atoms with Gasteiger partial charge in [0.25, 0.3) is 0 Å². The normalized spacial score (nSPS) is 12.2. The minimum atomic E-state index is -4.56. The second-order valence-electron chi connectivity index (χ2n) is 7.40. The number of hydrogen-bond acceptors (Lipinski definition) is 4. The van der Waals surface area contributed by atoms with Crippen molar-refractivity contribution in [3.05, 3.63) is 78.5 Å². The molecule has 4 heterocycles. The van der Waals surface area contributed by atoms with Crippen LogP contribution in [-0.2, 0) is 11.0 Å². The van der Waals surface area contributed by atoms with Gasteiger partial charge in [-0.05, 0) is 59.2 Å². The molecule has 0 aliphatic heterocycles. The number of pyridine rings is 2. The lowest BCUT2D eigenvalue weighted by Crippen LogP contribution is -2.06. The number of primary amides is 1. The topological polar surface area (TPSA) is 97.8 Å². The Labute approximate surface area is 184 Å². The number of alkyl halides is 3. The average molecular weight is 448 g/mol. The molecule has 33 heavy (non-hydrogen) atoms. The average Bonchev–Trinajstić information content (AvgIpc) is 3.43. The molecule has 6 nitrogen and oxygen atoms in total. The van der Waals surface area contributed by atoms with Gasteiger partial charge in [0.1, 0.15) is 5.65 Å². The number of nitrogens with one attached hydrogen (secondary N) is 1. The Kier molecular flexibility index (Phi) is 4.74. The van der Waals surface area contributed by atoms with Crippen LogP contribution in [0, 0.1) is 0 Å². The molecule has 0 bridgehead atoms. The number of fused-ring (bicyclic) bond motifs is 2.